The summed E-state index contributed by atoms with van der Waals surface area (Å²) in [5.41, 5.74) is 6.96. The Morgan fingerprint density at radius 3 is 2.23 bits per heavy atom. The van der Waals surface area contributed by atoms with Crippen LogP contribution in [0.4, 0.5) is 10.2 Å². The van der Waals surface area contributed by atoms with Gasteiger partial charge in [0.05, 0.1) is 18.6 Å². The summed E-state index contributed by atoms with van der Waals surface area (Å²) in [5.74, 6) is 1.13. The zero-order chi connectivity index (χ0) is 21.6. The topological polar surface area (TPSA) is 22.6 Å². The lowest BCUT2D eigenvalue weighted by Crippen LogP contribution is -2.44. The first-order chi connectivity index (χ1) is 15.3. The molecular weight excluding hydrogens is 387 g/mol. The summed E-state index contributed by atoms with van der Waals surface area (Å²) in [5, 5.41) is 0. The van der Waals surface area contributed by atoms with Gasteiger partial charge in [0.25, 0.3) is 0 Å². The van der Waals surface area contributed by atoms with Gasteiger partial charge in [0.15, 0.2) is 0 Å². The molecule has 0 N–H and O–H groups in total. The number of piperazine rings is 1. The zero-order valence-corrected chi connectivity index (χ0v) is 18.7. The number of halogens is 1. The van der Waals surface area contributed by atoms with Gasteiger partial charge in [-0.3, -0.25) is 4.39 Å². The summed E-state index contributed by atoms with van der Waals surface area (Å²) in [7, 11) is 2.70. The molecule has 0 radical (unpaired) electrons. The van der Waals surface area contributed by atoms with Crippen molar-refractivity contribution in [3.05, 3.63) is 71.4 Å². The summed E-state index contributed by atoms with van der Waals surface area (Å²) >= 11 is 0. The van der Waals surface area contributed by atoms with Crippen molar-refractivity contribution in [3.8, 4) is 0 Å². The predicted molar refractivity (Wildman–Crippen MR) is 128 cm³/mol. The van der Waals surface area contributed by atoms with Gasteiger partial charge < -0.3 is 14.7 Å². The Hall–Kier alpha value is -2.66. The summed E-state index contributed by atoms with van der Waals surface area (Å²) in [6.07, 6.45) is 5.95. The molecule has 31 heavy (non-hydrogen) atoms. The zero-order valence-electron chi connectivity index (χ0n) is 18.7. The number of benzene rings is 1. The molecule has 2 fully saturated rings. The van der Waals surface area contributed by atoms with Gasteiger partial charge in [0, 0.05) is 39.3 Å². The number of anilines is 1. The Bertz CT molecular complexity index is 923. The monoisotopic (exact) mass is 420 g/mol. The third-order valence-corrected chi connectivity index (χ3v) is 6.31. The van der Waals surface area contributed by atoms with Crippen molar-refractivity contribution >= 4 is 17.1 Å². The van der Waals surface area contributed by atoms with E-state index in [2.05, 4.69) is 76.4 Å². The van der Waals surface area contributed by atoms with Gasteiger partial charge in [-0.1, -0.05) is 42.5 Å². The molecule has 1 aromatic heterocycles. The van der Waals surface area contributed by atoms with Gasteiger partial charge in [-0.25, -0.2) is 4.98 Å². The van der Waals surface area contributed by atoms with E-state index in [1.807, 2.05) is 0 Å². The lowest BCUT2D eigenvalue weighted by molar-refractivity contribution is 0.312. The molecule has 1 saturated carbocycles. The van der Waals surface area contributed by atoms with Crippen LogP contribution in [0, 0.1) is 0 Å². The normalized spacial score (nSPS) is 18.8. The minimum absolute atomic E-state index is 0.500. The number of likely N-dealkylation sites (N-methyl/N-ethyl adjacent to an activating group) is 1. The van der Waals surface area contributed by atoms with Crippen LogP contribution in [0.1, 0.15) is 30.5 Å². The number of hydrogen-bond donors (Lipinski definition) is 0. The molecule has 164 valence electrons. The van der Waals surface area contributed by atoms with Gasteiger partial charge in [0.1, 0.15) is 5.82 Å². The Labute approximate surface area is 185 Å². The van der Waals surface area contributed by atoms with Gasteiger partial charge in [-0.15, -0.1) is 0 Å². The minimum atomic E-state index is 0.500. The van der Waals surface area contributed by atoms with Crippen LogP contribution in [0.2, 0.25) is 0 Å². The number of alkyl halides is 1. The molecular formula is C26H33FN4. The molecule has 0 atom stereocenters. The fourth-order valence-corrected chi connectivity index (χ4v) is 4.42. The highest BCUT2D eigenvalue weighted by Gasteiger charge is 2.26. The molecule has 0 spiro atoms. The summed E-state index contributed by atoms with van der Waals surface area (Å²) < 4.78 is 9.50. The molecule has 5 heteroatoms. The highest BCUT2D eigenvalue weighted by Crippen LogP contribution is 2.39. The molecule has 0 bridgehead atoms. The molecule has 2 aliphatic heterocycles. The number of aromatic nitrogens is 1. The molecule has 4 nitrogen and oxygen atoms in total. The minimum Gasteiger partial charge on any atom is -0.366 e. The van der Waals surface area contributed by atoms with Crippen molar-refractivity contribution in [2.45, 2.75) is 19.3 Å². The second kappa shape index (κ2) is 10.1. The van der Waals surface area contributed by atoms with Crippen molar-refractivity contribution in [1.82, 2.24) is 14.8 Å². The number of hydrogen-bond acceptors (Lipinski definition) is 4. The highest BCUT2D eigenvalue weighted by molar-refractivity contribution is 5.72. The first kappa shape index (κ1) is 21.6. The molecule has 0 unspecified atom stereocenters. The standard InChI is InChI=1S/C25H30N4.CH3F/c1-27-16-18-28(19-17-27)24-9-5-8-23(26-24)25(22-10-11-22)29-14-12-21(13-15-29)20-6-3-2-4-7-20;1-2/h2-9,12H,10-11,13-19H2,1H3;1H3. The average molecular weight is 421 g/mol. The van der Waals surface area contributed by atoms with E-state index >= 15 is 0 Å². The van der Waals surface area contributed by atoms with Crippen molar-refractivity contribution in [2.75, 3.05) is 58.4 Å². The molecule has 3 heterocycles. The van der Waals surface area contributed by atoms with Gasteiger partial charge in [-0.2, -0.15) is 0 Å². The van der Waals surface area contributed by atoms with E-state index in [0.717, 1.165) is 57.2 Å². The summed E-state index contributed by atoms with van der Waals surface area (Å²) in [6.45, 7) is 6.39. The largest absolute Gasteiger partial charge is 0.366 e. The molecule has 1 aliphatic carbocycles. The van der Waals surface area contributed by atoms with Crippen LogP contribution in [0.5, 0.6) is 0 Å². The van der Waals surface area contributed by atoms with Gasteiger partial charge in [-0.05, 0) is 55.2 Å². The molecule has 5 rings (SSSR count). The van der Waals surface area contributed by atoms with Crippen LogP contribution in [-0.4, -0.2) is 68.3 Å². The average Bonchev–Trinajstić information content (AvgIpc) is 3.67. The smallest absolute Gasteiger partial charge is 0.129 e. The third-order valence-electron chi connectivity index (χ3n) is 6.31. The van der Waals surface area contributed by atoms with Crippen LogP contribution in [0.3, 0.4) is 0 Å². The fourth-order valence-electron chi connectivity index (χ4n) is 4.42. The maximum atomic E-state index is 9.50. The fraction of sp³-hybridized carbons (Fsp3) is 0.423. The summed E-state index contributed by atoms with van der Waals surface area (Å²) in [4.78, 5) is 12.5. The van der Waals surface area contributed by atoms with Crippen LogP contribution >= 0.6 is 0 Å². The van der Waals surface area contributed by atoms with E-state index < -0.39 is 0 Å². The van der Waals surface area contributed by atoms with Crippen LogP contribution in [0.15, 0.2) is 60.2 Å². The van der Waals surface area contributed by atoms with E-state index in [0.29, 0.717) is 7.18 Å². The number of allylic oxidation sites excluding steroid dienone is 1. The van der Waals surface area contributed by atoms with E-state index in [1.54, 1.807) is 5.57 Å². The molecule has 1 saturated heterocycles. The Kier molecular flexibility index (Phi) is 7.03. The van der Waals surface area contributed by atoms with E-state index in [-0.39, 0.29) is 0 Å². The van der Waals surface area contributed by atoms with Gasteiger partial charge in [0.2, 0.25) is 0 Å². The van der Waals surface area contributed by atoms with E-state index in [1.165, 1.54) is 29.7 Å². The van der Waals surface area contributed by atoms with Crippen LogP contribution in [-0.2, 0) is 0 Å². The van der Waals surface area contributed by atoms with E-state index in [9.17, 15) is 4.39 Å². The first-order valence-electron chi connectivity index (χ1n) is 11.3. The molecule has 1 aromatic carbocycles. The Balaban J connectivity index is 0.00000112. The Morgan fingerprint density at radius 2 is 1.58 bits per heavy atom. The van der Waals surface area contributed by atoms with Crippen LogP contribution < -0.4 is 4.90 Å². The predicted octanol–water partition coefficient (Wildman–Crippen LogP) is 4.71. The van der Waals surface area contributed by atoms with Crippen molar-refractivity contribution < 1.29 is 4.39 Å². The maximum Gasteiger partial charge on any atom is 0.129 e. The van der Waals surface area contributed by atoms with Crippen molar-refractivity contribution in [3.63, 3.8) is 0 Å². The maximum absolute atomic E-state index is 9.50. The lowest BCUT2D eigenvalue weighted by Gasteiger charge is -2.34. The third kappa shape index (κ3) is 5.16. The summed E-state index contributed by atoms with van der Waals surface area (Å²) in [6, 6.07) is 17.4. The lowest BCUT2D eigenvalue weighted by atomic mass is 9.99. The highest BCUT2D eigenvalue weighted by atomic mass is 19.1. The quantitative estimate of drug-likeness (QED) is 0.714. The SMILES string of the molecule is CF.CN1CCN(c2cccc(C(=C3CC3)N3CC=C(c4ccccc4)CC3)n2)CC1. The number of nitrogens with zero attached hydrogens (tertiary/aromatic N) is 4. The number of pyridine rings is 1. The number of rotatable bonds is 4. The van der Waals surface area contributed by atoms with E-state index in [4.69, 9.17) is 4.98 Å². The molecule has 0 amide bonds. The molecule has 3 aliphatic rings. The molecule has 2 aromatic rings. The Morgan fingerprint density at radius 1 is 0.839 bits per heavy atom. The van der Waals surface area contributed by atoms with Gasteiger partial charge >= 0.3 is 0 Å². The van der Waals surface area contributed by atoms with Crippen molar-refractivity contribution in [1.29, 1.82) is 0 Å². The second-order valence-corrected chi connectivity index (χ2v) is 8.41. The van der Waals surface area contributed by atoms with Crippen molar-refractivity contribution in [2.24, 2.45) is 0 Å². The van der Waals surface area contributed by atoms with Crippen LogP contribution in [0.25, 0.3) is 11.3 Å². The first-order valence-corrected chi connectivity index (χ1v) is 11.3. The second-order valence-electron chi connectivity index (χ2n) is 8.41.